The van der Waals surface area contributed by atoms with Gasteiger partial charge in [-0.3, -0.25) is 9.59 Å². The number of unbranched alkanes of at least 4 members (excludes halogenated alkanes) is 3. The third-order valence-electron chi connectivity index (χ3n) is 4.14. The summed E-state index contributed by atoms with van der Waals surface area (Å²) >= 11 is 0. The monoisotopic (exact) mass is 297 g/mol. The second kappa shape index (κ2) is 7.59. The van der Waals surface area contributed by atoms with Crippen molar-refractivity contribution in [2.24, 2.45) is 5.92 Å². The first-order valence-electron chi connectivity index (χ1n) is 7.75. The predicted octanol–water partition coefficient (Wildman–Crippen LogP) is 2.20. The summed E-state index contributed by atoms with van der Waals surface area (Å²) in [5.74, 6) is -1.32. The standard InChI is InChI=1S/C16H27NO4/c1-5-6-7-8-9-10(2)14(19)12-15(20)13(11(3)18)17(4)16(12)21/h10-11,13,18-19H,5-9H2,1-4H3/b14-12-/t10?,11-,13+/m1/s1. The summed E-state index contributed by atoms with van der Waals surface area (Å²) in [6.07, 6.45) is 4.13. The number of likely N-dealkylation sites (N-methyl/N-ethyl adjacent to an activating group) is 1. The first kappa shape index (κ1) is 17.7. The molecule has 0 spiro atoms. The molecule has 1 unspecified atom stereocenters. The molecule has 1 saturated heterocycles. The van der Waals surface area contributed by atoms with Crippen molar-refractivity contribution in [3.8, 4) is 0 Å². The molecule has 0 radical (unpaired) electrons. The number of ketones is 1. The zero-order chi connectivity index (χ0) is 16.2. The largest absolute Gasteiger partial charge is 0.511 e. The number of amides is 1. The summed E-state index contributed by atoms with van der Waals surface area (Å²) in [5, 5.41) is 19.9. The summed E-state index contributed by atoms with van der Waals surface area (Å²) in [6.45, 7) is 5.43. The molecule has 0 aliphatic carbocycles. The Morgan fingerprint density at radius 2 is 1.86 bits per heavy atom. The van der Waals surface area contributed by atoms with Crippen LogP contribution >= 0.6 is 0 Å². The second-order valence-electron chi connectivity index (χ2n) is 5.98. The number of likely N-dealkylation sites (tertiary alicyclic amines) is 1. The van der Waals surface area contributed by atoms with Crippen LogP contribution in [0.15, 0.2) is 11.3 Å². The smallest absolute Gasteiger partial charge is 0.261 e. The zero-order valence-corrected chi connectivity index (χ0v) is 13.4. The quantitative estimate of drug-likeness (QED) is 0.327. The maximum Gasteiger partial charge on any atom is 0.261 e. The molecule has 0 aromatic carbocycles. The second-order valence-corrected chi connectivity index (χ2v) is 5.98. The van der Waals surface area contributed by atoms with Crippen LogP contribution in [0, 0.1) is 5.92 Å². The van der Waals surface area contributed by atoms with E-state index in [2.05, 4.69) is 6.92 Å². The fourth-order valence-electron chi connectivity index (χ4n) is 2.77. The topological polar surface area (TPSA) is 77.8 Å². The van der Waals surface area contributed by atoms with Gasteiger partial charge in [0.15, 0.2) is 5.78 Å². The summed E-state index contributed by atoms with van der Waals surface area (Å²) in [5.41, 5.74) is -0.147. The van der Waals surface area contributed by atoms with E-state index in [1.165, 1.54) is 18.9 Å². The molecule has 3 atom stereocenters. The SMILES string of the molecule is CCCCCCC(C)/C(O)=C1\C(=O)[C@H]([C@@H](C)O)N(C)C1=O. The van der Waals surface area contributed by atoms with Crippen molar-refractivity contribution in [2.45, 2.75) is 65.0 Å². The van der Waals surface area contributed by atoms with Gasteiger partial charge in [0.1, 0.15) is 17.4 Å². The van der Waals surface area contributed by atoms with Gasteiger partial charge in [0, 0.05) is 13.0 Å². The molecule has 1 amide bonds. The maximum atomic E-state index is 12.2. The fourth-order valence-corrected chi connectivity index (χ4v) is 2.77. The molecule has 2 N–H and O–H groups in total. The Balaban J connectivity index is 2.85. The van der Waals surface area contributed by atoms with Crippen LogP contribution in [0.2, 0.25) is 0 Å². The number of nitrogens with zero attached hydrogens (tertiary/aromatic N) is 1. The molecule has 1 aliphatic heterocycles. The Kier molecular flexibility index (Phi) is 6.40. The number of rotatable bonds is 7. The van der Waals surface area contributed by atoms with Crippen molar-refractivity contribution in [3.05, 3.63) is 11.3 Å². The van der Waals surface area contributed by atoms with Gasteiger partial charge in [0.05, 0.1) is 6.10 Å². The Morgan fingerprint density at radius 1 is 1.24 bits per heavy atom. The van der Waals surface area contributed by atoms with Gasteiger partial charge >= 0.3 is 0 Å². The first-order valence-corrected chi connectivity index (χ1v) is 7.75. The first-order chi connectivity index (χ1) is 9.82. The molecule has 1 heterocycles. The Hall–Kier alpha value is -1.36. The molecule has 1 fully saturated rings. The average Bonchev–Trinajstić information content (AvgIpc) is 2.64. The van der Waals surface area contributed by atoms with Crippen LogP contribution in [-0.4, -0.2) is 46.0 Å². The number of hydrogen-bond acceptors (Lipinski definition) is 4. The van der Waals surface area contributed by atoms with Gasteiger partial charge in [0.2, 0.25) is 0 Å². The lowest BCUT2D eigenvalue weighted by molar-refractivity contribution is -0.128. The normalized spacial score (nSPS) is 24.4. The van der Waals surface area contributed by atoms with Crippen LogP contribution in [-0.2, 0) is 9.59 Å². The van der Waals surface area contributed by atoms with Gasteiger partial charge < -0.3 is 15.1 Å². The number of carbonyl (C=O) groups excluding carboxylic acids is 2. The van der Waals surface area contributed by atoms with Gasteiger partial charge in [-0.05, 0) is 13.3 Å². The highest BCUT2D eigenvalue weighted by molar-refractivity contribution is 6.26. The van der Waals surface area contributed by atoms with Crippen molar-refractivity contribution < 1.29 is 19.8 Å². The van der Waals surface area contributed by atoms with E-state index in [4.69, 9.17) is 0 Å². The van der Waals surface area contributed by atoms with E-state index >= 15 is 0 Å². The van der Waals surface area contributed by atoms with Crippen LogP contribution in [0.5, 0.6) is 0 Å². The highest BCUT2D eigenvalue weighted by Crippen LogP contribution is 2.28. The van der Waals surface area contributed by atoms with Crippen molar-refractivity contribution in [3.63, 3.8) is 0 Å². The van der Waals surface area contributed by atoms with Gasteiger partial charge in [-0.1, -0.05) is 39.5 Å². The molecule has 0 aromatic rings. The number of carbonyl (C=O) groups is 2. The zero-order valence-electron chi connectivity index (χ0n) is 13.4. The molecule has 21 heavy (non-hydrogen) atoms. The van der Waals surface area contributed by atoms with Crippen molar-refractivity contribution >= 4 is 11.7 Å². The van der Waals surface area contributed by atoms with Crippen LogP contribution in [0.1, 0.15) is 52.9 Å². The van der Waals surface area contributed by atoms with E-state index in [9.17, 15) is 19.8 Å². The third kappa shape index (κ3) is 3.84. The molecular weight excluding hydrogens is 270 g/mol. The van der Waals surface area contributed by atoms with Crippen molar-refractivity contribution in [1.82, 2.24) is 4.90 Å². The summed E-state index contributed by atoms with van der Waals surface area (Å²) < 4.78 is 0. The summed E-state index contributed by atoms with van der Waals surface area (Å²) in [6, 6.07) is -0.887. The van der Waals surface area contributed by atoms with E-state index in [-0.39, 0.29) is 17.3 Å². The highest BCUT2D eigenvalue weighted by atomic mass is 16.3. The Labute approximate surface area is 126 Å². The molecule has 0 bridgehead atoms. The number of aliphatic hydroxyl groups excluding tert-OH is 2. The molecule has 1 rings (SSSR count). The van der Waals surface area contributed by atoms with Gasteiger partial charge in [-0.15, -0.1) is 0 Å². The number of Topliss-reactive ketones (excluding diaryl/α,β-unsaturated/α-hetero) is 1. The highest BCUT2D eigenvalue weighted by Gasteiger charge is 2.45. The minimum atomic E-state index is -0.948. The summed E-state index contributed by atoms with van der Waals surface area (Å²) in [4.78, 5) is 25.6. The lowest BCUT2D eigenvalue weighted by Crippen LogP contribution is -2.40. The van der Waals surface area contributed by atoms with Crippen molar-refractivity contribution in [1.29, 1.82) is 0 Å². The van der Waals surface area contributed by atoms with Crippen LogP contribution in [0.25, 0.3) is 0 Å². The Bertz CT molecular complexity index is 428. The third-order valence-corrected chi connectivity index (χ3v) is 4.14. The van der Waals surface area contributed by atoms with Gasteiger partial charge in [-0.25, -0.2) is 0 Å². The molecule has 120 valence electrons. The Morgan fingerprint density at radius 3 is 2.33 bits per heavy atom. The predicted molar refractivity (Wildman–Crippen MR) is 80.8 cm³/mol. The maximum absolute atomic E-state index is 12.2. The summed E-state index contributed by atoms with van der Waals surface area (Å²) in [7, 11) is 1.48. The lowest BCUT2D eigenvalue weighted by atomic mass is 9.95. The molecule has 5 heteroatoms. The van der Waals surface area contributed by atoms with Gasteiger partial charge in [-0.2, -0.15) is 0 Å². The van der Waals surface area contributed by atoms with E-state index < -0.39 is 23.8 Å². The van der Waals surface area contributed by atoms with E-state index in [0.29, 0.717) is 0 Å². The van der Waals surface area contributed by atoms with E-state index in [1.54, 1.807) is 0 Å². The minimum Gasteiger partial charge on any atom is -0.511 e. The van der Waals surface area contributed by atoms with E-state index in [0.717, 1.165) is 32.1 Å². The lowest BCUT2D eigenvalue weighted by Gasteiger charge is -2.19. The average molecular weight is 297 g/mol. The van der Waals surface area contributed by atoms with Gasteiger partial charge in [0.25, 0.3) is 5.91 Å². The molecule has 0 saturated carbocycles. The minimum absolute atomic E-state index is 0.128. The van der Waals surface area contributed by atoms with Crippen LogP contribution < -0.4 is 0 Å². The molecule has 0 aromatic heterocycles. The van der Waals surface area contributed by atoms with E-state index in [1.807, 2.05) is 6.92 Å². The molecular formula is C16H27NO4. The van der Waals surface area contributed by atoms with Crippen LogP contribution in [0.4, 0.5) is 0 Å². The molecule has 1 aliphatic rings. The fraction of sp³-hybridized carbons (Fsp3) is 0.750. The number of hydrogen-bond donors (Lipinski definition) is 2. The number of aliphatic hydroxyl groups is 2. The van der Waals surface area contributed by atoms with Crippen LogP contribution in [0.3, 0.4) is 0 Å². The van der Waals surface area contributed by atoms with Crippen molar-refractivity contribution in [2.75, 3.05) is 7.05 Å². The number of allylic oxidation sites excluding steroid dienone is 1. The molecule has 5 nitrogen and oxygen atoms in total.